The second-order valence-electron chi connectivity index (χ2n) is 3.97. The van der Waals surface area contributed by atoms with Gasteiger partial charge in [-0.25, -0.2) is 9.48 Å². The van der Waals surface area contributed by atoms with Gasteiger partial charge in [-0.2, -0.15) is 11.8 Å². The molecule has 1 heterocycles. The van der Waals surface area contributed by atoms with Crippen LogP contribution in [0.15, 0.2) is 21.7 Å². The highest BCUT2D eigenvalue weighted by molar-refractivity contribution is 7.98. The monoisotopic (exact) mass is 301 g/mol. The van der Waals surface area contributed by atoms with Crippen LogP contribution in [-0.2, 0) is 16.1 Å². The van der Waals surface area contributed by atoms with E-state index in [1.54, 1.807) is 0 Å². The van der Waals surface area contributed by atoms with Gasteiger partial charge >= 0.3 is 5.97 Å². The van der Waals surface area contributed by atoms with Crippen molar-refractivity contribution in [2.24, 2.45) is 0 Å². The van der Waals surface area contributed by atoms with Crippen molar-refractivity contribution in [3.63, 3.8) is 0 Å². The van der Waals surface area contributed by atoms with E-state index in [0.29, 0.717) is 5.75 Å². The smallest absolute Gasteiger partial charge is 0.326 e. The van der Waals surface area contributed by atoms with Gasteiger partial charge < -0.3 is 10.4 Å². The first-order valence-corrected chi connectivity index (χ1v) is 7.14. The molecule has 0 bridgehead atoms. The number of rotatable bonds is 7. The van der Waals surface area contributed by atoms with E-state index in [0.717, 1.165) is 16.8 Å². The standard InChI is InChI=1S/C11H15N3O5S/c1-20-5-4-7(11(18)19)12-9(16)6-14-10(17)3-2-8(15)13-14/h2-3,7H,4-6H2,1H3,(H,12,16)(H,13,15)(H,18,19)/t7-/m1/s1. The van der Waals surface area contributed by atoms with Crippen LogP contribution in [0.4, 0.5) is 0 Å². The summed E-state index contributed by atoms with van der Waals surface area (Å²) in [6, 6.07) is 1.07. The van der Waals surface area contributed by atoms with Crippen molar-refractivity contribution >= 4 is 23.6 Å². The molecule has 0 fully saturated rings. The van der Waals surface area contributed by atoms with Crippen LogP contribution >= 0.6 is 11.8 Å². The average Bonchev–Trinajstić information content (AvgIpc) is 2.38. The molecule has 0 radical (unpaired) electrons. The maximum absolute atomic E-state index is 11.7. The second-order valence-corrected chi connectivity index (χ2v) is 4.96. The number of aromatic amines is 1. The first-order chi connectivity index (χ1) is 9.43. The van der Waals surface area contributed by atoms with Crippen LogP contribution in [0.5, 0.6) is 0 Å². The zero-order valence-electron chi connectivity index (χ0n) is 10.8. The molecule has 0 aliphatic rings. The van der Waals surface area contributed by atoms with Crippen LogP contribution in [0.25, 0.3) is 0 Å². The molecule has 8 nitrogen and oxygen atoms in total. The summed E-state index contributed by atoms with van der Waals surface area (Å²) in [6.07, 6.45) is 2.11. The van der Waals surface area contributed by atoms with Crippen LogP contribution < -0.4 is 16.4 Å². The van der Waals surface area contributed by atoms with E-state index in [2.05, 4.69) is 10.4 Å². The summed E-state index contributed by atoms with van der Waals surface area (Å²) in [6.45, 7) is -0.433. The molecule has 0 unspecified atom stereocenters. The number of thioether (sulfide) groups is 1. The molecular weight excluding hydrogens is 286 g/mol. The minimum absolute atomic E-state index is 0.280. The molecule has 0 aromatic carbocycles. The molecule has 0 aliphatic heterocycles. The third-order valence-corrected chi connectivity index (χ3v) is 3.08. The van der Waals surface area contributed by atoms with E-state index in [9.17, 15) is 19.2 Å². The molecule has 0 saturated heterocycles. The number of carbonyl (C=O) groups excluding carboxylic acids is 1. The zero-order valence-corrected chi connectivity index (χ0v) is 11.6. The summed E-state index contributed by atoms with van der Waals surface area (Å²) in [7, 11) is 0. The summed E-state index contributed by atoms with van der Waals surface area (Å²) in [5, 5.41) is 13.5. The number of amides is 1. The third kappa shape index (κ3) is 4.92. The number of aliphatic carboxylic acids is 1. The number of nitrogens with one attached hydrogen (secondary N) is 2. The number of H-pyrrole nitrogens is 1. The maximum atomic E-state index is 11.7. The average molecular weight is 301 g/mol. The summed E-state index contributed by atoms with van der Waals surface area (Å²) in [5.41, 5.74) is -1.06. The van der Waals surface area contributed by atoms with Gasteiger partial charge in [0.15, 0.2) is 0 Å². The highest BCUT2D eigenvalue weighted by Crippen LogP contribution is 2.01. The molecule has 0 spiro atoms. The first kappa shape index (κ1) is 16.0. The lowest BCUT2D eigenvalue weighted by Crippen LogP contribution is -2.44. The quantitative estimate of drug-likeness (QED) is 0.585. The molecule has 9 heteroatoms. The summed E-state index contributed by atoms with van der Waals surface area (Å²) < 4.78 is 0.825. The van der Waals surface area contributed by atoms with Crippen molar-refractivity contribution < 1.29 is 14.7 Å². The van der Waals surface area contributed by atoms with Crippen LogP contribution in [-0.4, -0.2) is 44.8 Å². The first-order valence-electron chi connectivity index (χ1n) is 5.75. The second kappa shape index (κ2) is 7.53. The SMILES string of the molecule is CSCC[C@@H](NC(=O)Cn1[nH]c(=O)ccc1=O)C(=O)O. The molecule has 1 atom stereocenters. The van der Waals surface area contributed by atoms with Gasteiger partial charge in [-0.1, -0.05) is 0 Å². The minimum atomic E-state index is -1.14. The fraction of sp³-hybridized carbons (Fsp3) is 0.455. The molecule has 110 valence electrons. The summed E-state index contributed by atoms with van der Waals surface area (Å²) in [5.74, 6) is -1.21. The molecule has 20 heavy (non-hydrogen) atoms. The number of hydrogen-bond acceptors (Lipinski definition) is 5. The summed E-state index contributed by atoms with van der Waals surface area (Å²) in [4.78, 5) is 45.1. The number of carboxylic acids is 1. The Labute approximate surface area is 118 Å². The number of carbonyl (C=O) groups is 2. The Morgan fingerprint density at radius 2 is 2.15 bits per heavy atom. The number of carboxylic acid groups (broad SMARTS) is 1. The molecular formula is C11H15N3O5S. The topological polar surface area (TPSA) is 121 Å². The Hall–Kier alpha value is -2.03. The fourth-order valence-electron chi connectivity index (χ4n) is 1.46. The van der Waals surface area contributed by atoms with Gasteiger partial charge in [-0.3, -0.25) is 19.5 Å². The van der Waals surface area contributed by atoms with E-state index < -0.39 is 35.6 Å². The van der Waals surface area contributed by atoms with E-state index in [4.69, 9.17) is 5.11 Å². The van der Waals surface area contributed by atoms with Gasteiger partial charge in [0, 0.05) is 12.1 Å². The van der Waals surface area contributed by atoms with Gasteiger partial charge in [0.05, 0.1) is 0 Å². The summed E-state index contributed by atoms with van der Waals surface area (Å²) >= 11 is 1.47. The van der Waals surface area contributed by atoms with Crippen molar-refractivity contribution in [2.45, 2.75) is 19.0 Å². The Morgan fingerprint density at radius 1 is 1.45 bits per heavy atom. The van der Waals surface area contributed by atoms with Crippen molar-refractivity contribution in [1.82, 2.24) is 15.1 Å². The Bertz CT molecular complexity index is 594. The predicted molar refractivity (Wildman–Crippen MR) is 73.9 cm³/mol. The zero-order chi connectivity index (χ0) is 15.1. The highest BCUT2D eigenvalue weighted by atomic mass is 32.2. The van der Waals surface area contributed by atoms with Crippen molar-refractivity contribution in [3.8, 4) is 0 Å². The fourth-order valence-corrected chi connectivity index (χ4v) is 1.93. The van der Waals surface area contributed by atoms with Crippen LogP contribution in [0.2, 0.25) is 0 Å². The number of hydrogen-bond donors (Lipinski definition) is 3. The van der Waals surface area contributed by atoms with Gasteiger partial charge in [0.25, 0.3) is 11.1 Å². The van der Waals surface area contributed by atoms with E-state index >= 15 is 0 Å². The lowest BCUT2D eigenvalue weighted by atomic mass is 10.2. The minimum Gasteiger partial charge on any atom is -0.480 e. The van der Waals surface area contributed by atoms with Gasteiger partial charge in [0.1, 0.15) is 12.6 Å². The van der Waals surface area contributed by atoms with Gasteiger partial charge in [-0.15, -0.1) is 0 Å². The predicted octanol–water partition coefficient (Wildman–Crippen LogP) is -1.14. The number of nitrogens with zero attached hydrogens (tertiary/aromatic N) is 1. The molecule has 3 N–H and O–H groups in total. The third-order valence-electron chi connectivity index (χ3n) is 2.43. The molecule has 1 aromatic rings. The van der Waals surface area contributed by atoms with E-state index in [1.807, 2.05) is 6.26 Å². The lowest BCUT2D eigenvalue weighted by Gasteiger charge is -2.14. The maximum Gasteiger partial charge on any atom is 0.326 e. The highest BCUT2D eigenvalue weighted by Gasteiger charge is 2.19. The molecule has 0 aliphatic carbocycles. The van der Waals surface area contributed by atoms with Gasteiger partial charge in [0.2, 0.25) is 5.91 Å². The Kier molecular flexibility index (Phi) is 6.04. The van der Waals surface area contributed by atoms with Crippen LogP contribution in [0.3, 0.4) is 0 Å². The van der Waals surface area contributed by atoms with Crippen molar-refractivity contribution in [2.75, 3.05) is 12.0 Å². The largest absolute Gasteiger partial charge is 0.480 e. The van der Waals surface area contributed by atoms with E-state index in [1.165, 1.54) is 11.8 Å². The van der Waals surface area contributed by atoms with Crippen molar-refractivity contribution in [1.29, 1.82) is 0 Å². The number of aromatic nitrogens is 2. The Morgan fingerprint density at radius 3 is 2.75 bits per heavy atom. The molecule has 1 amide bonds. The molecule has 1 rings (SSSR count). The van der Waals surface area contributed by atoms with Crippen LogP contribution in [0, 0.1) is 0 Å². The Balaban J connectivity index is 2.70. The van der Waals surface area contributed by atoms with E-state index in [-0.39, 0.29) is 6.42 Å². The lowest BCUT2D eigenvalue weighted by molar-refractivity contribution is -0.142. The molecule has 1 aromatic heterocycles. The van der Waals surface area contributed by atoms with Gasteiger partial charge in [-0.05, 0) is 18.4 Å². The normalized spacial score (nSPS) is 11.8. The van der Waals surface area contributed by atoms with Crippen molar-refractivity contribution in [3.05, 3.63) is 32.8 Å². The molecule has 0 saturated carbocycles. The van der Waals surface area contributed by atoms with Crippen LogP contribution in [0.1, 0.15) is 6.42 Å².